The summed E-state index contributed by atoms with van der Waals surface area (Å²) in [6, 6.07) is 8.57. The molecule has 0 fully saturated rings. The topological polar surface area (TPSA) is 93.0 Å². The zero-order chi connectivity index (χ0) is 11.6. The maximum absolute atomic E-state index is 11.1. The van der Waals surface area contributed by atoms with Crippen LogP contribution in [0, 0.1) is 0 Å². The van der Waals surface area contributed by atoms with Gasteiger partial charge in [-0.3, -0.25) is 4.55 Å². The van der Waals surface area contributed by atoms with Crippen LogP contribution in [0.2, 0.25) is 0 Å². The van der Waals surface area contributed by atoms with Crippen LogP contribution in [0.1, 0.15) is 0 Å². The molecule has 1 heterocycles. The average molecular weight is 237 g/mol. The minimum atomic E-state index is -4.35. The molecular formula is C9H7N3O3S. The first-order valence-corrected chi connectivity index (χ1v) is 5.74. The van der Waals surface area contributed by atoms with E-state index in [1.807, 2.05) is 0 Å². The largest absolute Gasteiger partial charge is 0.298 e. The summed E-state index contributed by atoms with van der Waals surface area (Å²) in [5.41, 5.74) is 0.628. The molecule has 82 valence electrons. The zero-order valence-electron chi connectivity index (χ0n) is 7.98. The smallest absolute Gasteiger partial charge is 0.282 e. The molecule has 0 aliphatic rings. The van der Waals surface area contributed by atoms with Gasteiger partial charge in [-0.05, 0) is 5.21 Å². The van der Waals surface area contributed by atoms with Crippen molar-refractivity contribution in [1.29, 1.82) is 0 Å². The van der Waals surface area contributed by atoms with Crippen molar-refractivity contribution >= 4 is 10.1 Å². The maximum atomic E-state index is 11.1. The van der Waals surface area contributed by atoms with Crippen molar-refractivity contribution in [2.24, 2.45) is 0 Å². The van der Waals surface area contributed by atoms with Gasteiger partial charge in [0.15, 0.2) is 0 Å². The lowest BCUT2D eigenvalue weighted by molar-refractivity contribution is 0.482. The lowest BCUT2D eigenvalue weighted by atomic mass is 10.1. The van der Waals surface area contributed by atoms with E-state index in [4.69, 9.17) is 4.55 Å². The van der Waals surface area contributed by atoms with Crippen LogP contribution in [-0.4, -0.2) is 28.4 Å². The van der Waals surface area contributed by atoms with Crippen molar-refractivity contribution in [3.05, 3.63) is 36.5 Å². The van der Waals surface area contributed by atoms with Crippen LogP contribution < -0.4 is 0 Å². The number of rotatable bonds is 2. The number of benzene rings is 1. The molecule has 0 aliphatic heterocycles. The van der Waals surface area contributed by atoms with Crippen LogP contribution in [-0.2, 0) is 10.1 Å². The zero-order valence-corrected chi connectivity index (χ0v) is 8.79. The summed E-state index contributed by atoms with van der Waals surface area (Å²) in [6.07, 6.45) is 0.963. The van der Waals surface area contributed by atoms with Gasteiger partial charge in [0.2, 0.25) is 0 Å². The summed E-state index contributed by atoms with van der Waals surface area (Å²) in [6.45, 7) is 0. The molecule has 16 heavy (non-hydrogen) atoms. The van der Waals surface area contributed by atoms with Crippen molar-refractivity contribution in [1.82, 2.24) is 15.4 Å². The molecule has 1 aromatic carbocycles. The fourth-order valence-corrected chi connectivity index (χ4v) is 1.83. The van der Waals surface area contributed by atoms with Gasteiger partial charge < -0.3 is 0 Å². The van der Waals surface area contributed by atoms with Crippen LogP contribution >= 0.6 is 0 Å². The fourth-order valence-electron chi connectivity index (χ4n) is 1.24. The first-order chi connectivity index (χ1) is 7.59. The summed E-state index contributed by atoms with van der Waals surface area (Å²) < 4.78 is 31.1. The monoisotopic (exact) mass is 237 g/mol. The Morgan fingerprint density at radius 2 is 1.81 bits per heavy atom. The molecule has 0 unspecified atom stereocenters. The molecule has 0 saturated carbocycles. The van der Waals surface area contributed by atoms with E-state index in [0.29, 0.717) is 5.56 Å². The third-order valence-corrected chi connectivity index (χ3v) is 2.78. The Morgan fingerprint density at radius 1 is 1.12 bits per heavy atom. The van der Waals surface area contributed by atoms with E-state index < -0.39 is 10.1 Å². The van der Waals surface area contributed by atoms with E-state index in [0.717, 1.165) is 6.20 Å². The Hall–Kier alpha value is -1.86. The molecule has 2 rings (SSSR count). The Morgan fingerprint density at radius 3 is 2.44 bits per heavy atom. The van der Waals surface area contributed by atoms with Crippen molar-refractivity contribution in [3.8, 4) is 11.3 Å². The van der Waals surface area contributed by atoms with E-state index in [2.05, 4.69) is 15.4 Å². The first-order valence-electron chi connectivity index (χ1n) is 4.30. The second-order valence-electron chi connectivity index (χ2n) is 2.99. The van der Waals surface area contributed by atoms with Gasteiger partial charge in [0.05, 0.1) is 6.20 Å². The predicted molar refractivity (Wildman–Crippen MR) is 55.1 cm³/mol. The van der Waals surface area contributed by atoms with Crippen molar-refractivity contribution in [2.75, 3.05) is 0 Å². The highest BCUT2D eigenvalue weighted by Crippen LogP contribution is 2.22. The number of aromatic nitrogens is 3. The number of hydrogen-bond acceptors (Lipinski definition) is 5. The molecule has 0 saturated heterocycles. The van der Waals surface area contributed by atoms with Crippen LogP contribution in [0.3, 0.4) is 0 Å². The summed E-state index contributed by atoms with van der Waals surface area (Å²) in [5.74, 6) is 0. The summed E-state index contributed by atoms with van der Waals surface area (Å²) in [7, 11) is -4.35. The molecule has 0 radical (unpaired) electrons. The summed E-state index contributed by atoms with van der Waals surface area (Å²) >= 11 is 0. The highest BCUT2D eigenvalue weighted by molar-refractivity contribution is 7.86. The highest BCUT2D eigenvalue weighted by Gasteiger charge is 2.18. The molecule has 1 aromatic heterocycles. The molecule has 0 spiro atoms. The van der Waals surface area contributed by atoms with Gasteiger partial charge >= 0.3 is 0 Å². The lowest BCUT2D eigenvalue weighted by Gasteiger charge is -2.03. The van der Waals surface area contributed by atoms with Gasteiger partial charge in [-0.25, -0.2) is 0 Å². The normalized spacial score (nSPS) is 11.3. The lowest BCUT2D eigenvalue weighted by Crippen LogP contribution is -2.05. The van der Waals surface area contributed by atoms with E-state index >= 15 is 0 Å². The number of hydrogen-bond donors (Lipinski definition) is 1. The standard InChI is InChI=1S/C9H7N3O3S/c13-16(14,15)8-6-10-12-11-9(8)7-4-2-1-3-5-7/h1-6H,(H,13,14,15). The average Bonchev–Trinajstić information content (AvgIpc) is 2.29. The van der Waals surface area contributed by atoms with Crippen molar-refractivity contribution < 1.29 is 13.0 Å². The van der Waals surface area contributed by atoms with Crippen molar-refractivity contribution in [2.45, 2.75) is 4.90 Å². The SMILES string of the molecule is O=S(=O)(O)c1cnnnc1-c1ccccc1. The van der Waals surface area contributed by atoms with E-state index in [1.54, 1.807) is 30.3 Å². The minimum absolute atomic E-state index is 0.0816. The molecule has 7 heteroatoms. The third kappa shape index (κ3) is 2.05. The third-order valence-electron chi connectivity index (χ3n) is 1.93. The summed E-state index contributed by atoms with van der Waals surface area (Å²) in [5, 5.41) is 10.3. The van der Waals surface area contributed by atoms with Gasteiger partial charge in [-0.1, -0.05) is 30.3 Å². The molecule has 0 aliphatic carbocycles. The Bertz CT molecular complexity index is 598. The van der Waals surface area contributed by atoms with Gasteiger partial charge in [0.1, 0.15) is 10.6 Å². The van der Waals surface area contributed by atoms with Crippen LogP contribution in [0.15, 0.2) is 41.4 Å². The molecule has 2 aromatic rings. The first kappa shape index (κ1) is 10.7. The molecular weight excluding hydrogens is 230 g/mol. The quantitative estimate of drug-likeness (QED) is 0.776. The van der Waals surface area contributed by atoms with E-state index in [-0.39, 0.29) is 10.6 Å². The van der Waals surface area contributed by atoms with E-state index in [1.165, 1.54) is 0 Å². The Kier molecular flexibility index (Phi) is 2.63. The van der Waals surface area contributed by atoms with Gasteiger partial charge in [-0.15, -0.1) is 10.2 Å². The maximum Gasteiger partial charge on any atom is 0.298 e. The second kappa shape index (κ2) is 3.95. The predicted octanol–water partition coefficient (Wildman–Crippen LogP) is 0.785. The Balaban J connectivity index is 2.68. The molecule has 1 N–H and O–H groups in total. The fraction of sp³-hybridized carbons (Fsp3) is 0. The number of nitrogens with zero attached hydrogens (tertiary/aromatic N) is 3. The van der Waals surface area contributed by atoms with Crippen molar-refractivity contribution in [3.63, 3.8) is 0 Å². The van der Waals surface area contributed by atoms with Gasteiger partial charge in [0, 0.05) is 5.56 Å². The van der Waals surface area contributed by atoms with Crippen LogP contribution in [0.25, 0.3) is 11.3 Å². The Labute approximate surface area is 91.7 Å². The van der Waals surface area contributed by atoms with Gasteiger partial charge in [-0.2, -0.15) is 8.42 Å². The molecule has 0 atom stereocenters. The molecule has 0 amide bonds. The molecule has 6 nitrogen and oxygen atoms in total. The van der Waals surface area contributed by atoms with Crippen LogP contribution in [0.4, 0.5) is 0 Å². The molecule has 0 bridgehead atoms. The van der Waals surface area contributed by atoms with Crippen LogP contribution in [0.5, 0.6) is 0 Å². The van der Waals surface area contributed by atoms with Gasteiger partial charge in [0.25, 0.3) is 10.1 Å². The van der Waals surface area contributed by atoms with E-state index in [9.17, 15) is 8.42 Å². The highest BCUT2D eigenvalue weighted by atomic mass is 32.2. The minimum Gasteiger partial charge on any atom is -0.282 e. The second-order valence-corrected chi connectivity index (χ2v) is 4.38. The summed E-state index contributed by atoms with van der Waals surface area (Å²) in [4.78, 5) is -0.353.